The van der Waals surface area contributed by atoms with Crippen molar-refractivity contribution in [1.82, 2.24) is 9.55 Å². The Labute approximate surface area is 164 Å². The summed E-state index contributed by atoms with van der Waals surface area (Å²) in [6, 6.07) is 16.1. The zero-order chi connectivity index (χ0) is 17.1. The molecule has 0 saturated heterocycles. The van der Waals surface area contributed by atoms with Crippen LogP contribution >= 0.6 is 0 Å². The van der Waals surface area contributed by atoms with Crippen LogP contribution in [0.5, 0.6) is 0 Å². The number of hydrogen-bond donors (Lipinski definition) is 0. The van der Waals surface area contributed by atoms with Crippen LogP contribution in [0.3, 0.4) is 0 Å². The predicted molar refractivity (Wildman–Crippen MR) is 100 cm³/mol. The molecule has 0 saturated carbocycles. The molecule has 1 aliphatic carbocycles. The first kappa shape index (κ1) is 18.4. The first-order valence-electron chi connectivity index (χ1n) is 8.78. The van der Waals surface area contributed by atoms with Crippen molar-refractivity contribution in [3.63, 3.8) is 0 Å². The van der Waals surface area contributed by atoms with Crippen molar-refractivity contribution in [3.05, 3.63) is 53.6 Å². The molecule has 1 heterocycles. The maximum absolute atomic E-state index is 4.94. The molecule has 0 unspecified atom stereocenters. The third-order valence-corrected chi connectivity index (χ3v) is 5.80. The predicted octanol–water partition coefficient (Wildman–Crippen LogP) is 5.39. The third kappa shape index (κ3) is 2.88. The Morgan fingerprint density at radius 3 is 2.24 bits per heavy atom. The summed E-state index contributed by atoms with van der Waals surface area (Å²) >= 11 is 0. The van der Waals surface area contributed by atoms with Gasteiger partial charge in [-0.25, -0.2) is 0 Å². The molecule has 1 radical (unpaired) electrons. The van der Waals surface area contributed by atoms with Crippen LogP contribution in [0, 0.1) is 6.07 Å². The Kier molecular flexibility index (Phi) is 4.46. The Balaban J connectivity index is 0.00000182. The van der Waals surface area contributed by atoms with E-state index >= 15 is 0 Å². The summed E-state index contributed by atoms with van der Waals surface area (Å²) in [7, 11) is 2.11. The molecule has 3 heteroatoms. The SMILES string of the molecule is Cn1c(-c2[c-]cccc2)nc2cc3c(cc21)C(C)(C)CCC3(C)C.[Ir]. The van der Waals surface area contributed by atoms with Crippen molar-refractivity contribution in [2.75, 3.05) is 0 Å². The fourth-order valence-corrected chi connectivity index (χ4v) is 4.03. The first-order valence-corrected chi connectivity index (χ1v) is 8.78. The van der Waals surface area contributed by atoms with Crippen molar-refractivity contribution >= 4 is 11.0 Å². The van der Waals surface area contributed by atoms with Crippen LogP contribution in [0.25, 0.3) is 22.4 Å². The molecule has 0 spiro atoms. The standard InChI is InChI=1S/C22H25N2.Ir/c1-21(2)11-12-22(3,4)17-14-19-18(13-16(17)21)23-20(24(19)5)15-9-7-6-8-10-15;/h6-9,13-14H,11-12H2,1-5H3;/q-1;. The number of benzene rings is 2. The van der Waals surface area contributed by atoms with Crippen LogP contribution in [0.2, 0.25) is 0 Å². The second kappa shape index (κ2) is 6.07. The van der Waals surface area contributed by atoms with E-state index in [2.05, 4.69) is 63.6 Å². The molecule has 1 aromatic heterocycles. The Hall–Kier alpha value is -1.44. The average molecular weight is 510 g/mol. The Morgan fingerprint density at radius 1 is 1.00 bits per heavy atom. The van der Waals surface area contributed by atoms with Crippen LogP contribution in [-0.4, -0.2) is 9.55 Å². The molecule has 0 atom stereocenters. The number of aromatic nitrogens is 2. The molecule has 3 aromatic rings. The third-order valence-electron chi connectivity index (χ3n) is 5.80. The largest absolute Gasteiger partial charge is 0.367 e. The number of nitrogens with zero attached hydrogens (tertiary/aromatic N) is 2. The van der Waals surface area contributed by atoms with Gasteiger partial charge in [0.15, 0.2) is 0 Å². The summed E-state index contributed by atoms with van der Waals surface area (Å²) in [5, 5.41) is 0. The van der Waals surface area contributed by atoms with E-state index < -0.39 is 0 Å². The van der Waals surface area contributed by atoms with E-state index in [4.69, 9.17) is 4.98 Å². The molecule has 0 bridgehead atoms. The van der Waals surface area contributed by atoms with Crippen molar-refractivity contribution in [2.45, 2.75) is 51.4 Å². The van der Waals surface area contributed by atoms with Crippen LogP contribution in [0.15, 0.2) is 36.4 Å². The second-order valence-electron chi connectivity index (χ2n) is 8.42. The molecule has 0 amide bonds. The van der Waals surface area contributed by atoms with Gasteiger partial charge in [0.1, 0.15) is 0 Å². The Morgan fingerprint density at radius 2 is 1.64 bits per heavy atom. The van der Waals surface area contributed by atoms with Gasteiger partial charge in [-0.3, -0.25) is 4.98 Å². The summed E-state index contributed by atoms with van der Waals surface area (Å²) in [5.41, 5.74) is 6.75. The molecule has 0 aliphatic heterocycles. The van der Waals surface area contributed by atoms with E-state index in [0.29, 0.717) is 0 Å². The van der Waals surface area contributed by atoms with Gasteiger partial charge in [0.05, 0.1) is 16.9 Å². The van der Waals surface area contributed by atoms with Gasteiger partial charge >= 0.3 is 0 Å². The quantitative estimate of drug-likeness (QED) is 0.403. The van der Waals surface area contributed by atoms with Gasteiger partial charge in [-0.15, -0.1) is 35.9 Å². The molecular weight excluding hydrogens is 484 g/mol. The summed E-state index contributed by atoms with van der Waals surface area (Å²) in [6.45, 7) is 9.47. The maximum atomic E-state index is 4.94. The first-order chi connectivity index (χ1) is 11.3. The van der Waals surface area contributed by atoms with Crippen LogP contribution in [-0.2, 0) is 38.0 Å². The number of imidazole rings is 1. The van der Waals surface area contributed by atoms with Gasteiger partial charge in [-0.05, 0) is 46.9 Å². The topological polar surface area (TPSA) is 17.8 Å². The van der Waals surface area contributed by atoms with Crippen LogP contribution in [0.4, 0.5) is 0 Å². The minimum atomic E-state index is 0. The van der Waals surface area contributed by atoms with Gasteiger partial charge in [-0.1, -0.05) is 27.7 Å². The molecule has 0 fully saturated rings. The zero-order valence-electron chi connectivity index (χ0n) is 15.6. The molecule has 25 heavy (non-hydrogen) atoms. The zero-order valence-corrected chi connectivity index (χ0v) is 18.0. The number of hydrogen-bond acceptors (Lipinski definition) is 1. The van der Waals surface area contributed by atoms with Crippen molar-refractivity contribution in [3.8, 4) is 11.4 Å². The van der Waals surface area contributed by atoms with E-state index in [1.807, 2.05) is 18.2 Å². The molecule has 133 valence electrons. The molecular formula is C22H25IrN2-. The van der Waals surface area contributed by atoms with Crippen molar-refractivity contribution < 1.29 is 20.1 Å². The minimum absolute atomic E-state index is 0. The van der Waals surface area contributed by atoms with Crippen LogP contribution in [0.1, 0.15) is 51.7 Å². The molecule has 4 rings (SSSR count). The number of aryl methyl sites for hydroxylation is 1. The average Bonchev–Trinajstić information content (AvgIpc) is 2.88. The fourth-order valence-electron chi connectivity index (χ4n) is 4.03. The normalized spacial score (nSPS) is 17.8. The van der Waals surface area contributed by atoms with E-state index in [1.165, 1.54) is 29.5 Å². The summed E-state index contributed by atoms with van der Waals surface area (Å²) in [4.78, 5) is 4.94. The van der Waals surface area contributed by atoms with E-state index in [-0.39, 0.29) is 30.9 Å². The van der Waals surface area contributed by atoms with E-state index in [1.54, 1.807) is 0 Å². The summed E-state index contributed by atoms with van der Waals surface area (Å²) in [6.07, 6.45) is 2.46. The van der Waals surface area contributed by atoms with Gasteiger partial charge < -0.3 is 4.57 Å². The van der Waals surface area contributed by atoms with Crippen molar-refractivity contribution in [1.29, 1.82) is 0 Å². The maximum Gasteiger partial charge on any atom is 0.0773 e. The molecule has 0 N–H and O–H groups in total. The molecule has 1 aliphatic rings. The minimum Gasteiger partial charge on any atom is -0.367 e. The van der Waals surface area contributed by atoms with Gasteiger partial charge in [0.2, 0.25) is 0 Å². The monoisotopic (exact) mass is 510 g/mol. The fraction of sp³-hybridized carbons (Fsp3) is 0.409. The van der Waals surface area contributed by atoms with Gasteiger partial charge in [-0.2, -0.15) is 0 Å². The molecule has 2 nitrogen and oxygen atoms in total. The van der Waals surface area contributed by atoms with E-state index in [0.717, 1.165) is 16.9 Å². The van der Waals surface area contributed by atoms with Crippen LogP contribution < -0.4 is 0 Å². The number of fused-ring (bicyclic) bond motifs is 2. The van der Waals surface area contributed by atoms with Gasteiger partial charge in [0, 0.05) is 27.2 Å². The number of rotatable bonds is 1. The summed E-state index contributed by atoms with van der Waals surface area (Å²) < 4.78 is 2.21. The van der Waals surface area contributed by atoms with Crippen molar-refractivity contribution in [2.24, 2.45) is 7.05 Å². The smallest absolute Gasteiger partial charge is 0.0773 e. The molecule has 2 aromatic carbocycles. The van der Waals surface area contributed by atoms with E-state index in [9.17, 15) is 0 Å². The Bertz CT molecular complexity index is 920. The summed E-state index contributed by atoms with van der Waals surface area (Å²) in [5.74, 6) is 0.989. The van der Waals surface area contributed by atoms with Gasteiger partial charge in [0.25, 0.3) is 0 Å². The second-order valence-corrected chi connectivity index (χ2v) is 8.42.